The van der Waals surface area contributed by atoms with Crippen molar-refractivity contribution in [3.05, 3.63) is 61.0 Å². The van der Waals surface area contributed by atoms with E-state index >= 15 is 0 Å². The van der Waals surface area contributed by atoms with E-state index in [0.717, 1.165) is 41.3 Å². The summed E-state index contributed by atoms with van der Waals surface area (Å²) in [6.07, 6.45) is 2.57. The van der Waals surface area contributed by atoms with Crippen molar-refractivity contribution in [1.29, 1.82) is 0 Å². The summed E-state index contributed by atoms with van der Waals surface area (Å²) in [4.78, 5) is 34.8. The molecule has 1 aromatic carbocycles. The van der Waals surface area contributed by atoms with E-state index in [1.54, 1.807) is 6.92 Å². The van der Waals surface area contributed by atoms with Gasteiger partial charge in [0.05, 0.1) is 21.3 Å². The van der Waals surface area contributed by atoms with Gasteiger partial charge in [-0.05, 0) is 37.8 Å². The SMILES string of the molecule is CC(C(=O)Nc1ccc([N+](=O)[O-])cc1Cl)n1nc2c(cc1=O)CCC2. The van der Waals surface area contributed by atoms with Gasteiger partial charge in [-0.25, -0.2) is 4.68 Å². The molecule has 0 aliphatic heterocycles. The fourth-order valence-corrected chi connectivity index (χ4v) is 2.98. The van der Waals surface area contributed by atoms with Crippen LogP contribution in [0.3, 0.4) is 0 Å². The molecule has 0 bridgehead atoms. The molecule has 130 valence electrons. The summed E-state index contributed by atoms with van der Waals surface area (Å²) >= 11 is 5.97. The number of carbonyl (C=O) groups excluding carboxylic acids is 1. The zero-order valence-electron chi connectivity index (χ0n) is 13.4. The predicted octanol–water partition coefficient (Wildman–Crippen LogP) is 2.49. The Kier molecular flexibility index (Phi) is 4.54. The molecule has 3 rings (SSSR count). The molecule has 1 unspecified atom stereocenters. The summed E-state index contributed by atoms with van der Waals surface area (Å²) in [5.41, 5.74) is 1.50. The Labute approximate surface area is 147 Å². The fourth-order valence-electron chi connectivity index (χ4n) is 2.76. The van der Waals surface area contributed by atoms with E-state index < -0.39 is 16.9 Å². The number of rotatable bonds is 4. The largest absolute Gasteiger partial charge is 0.323 e. The molecule has 1 N–H and O–H groups in total. The van der Waals surface area contributed by atoms with Crippen LogP contribution in [0.25, 0.3) is 0 Å². The molecule has 0 spiro atoms. The van der Waals surface area contributed by atoms with Gasteiger partial charge >= 0.3 is 0 Å². The van der Waals surface area contributed by atoms with Crippen LogP contribution >= 0.6 is 11.6 Å². The van der Waals surface area contributed by atoms with E-state index in [0.29, 0.717) is 0 Å². The monoisotopic (exact) mass is 362 g/mol. The predicted molar refractivity (Wildman–Crippen MR) is 92.0 cm³/mol. The molecule has 1 heterocycles. The Bertz CT molecular complexity index is 925. The van der Waals surface area contributed by atoms with E-state index in [2.05, 4.69) is 10.4 Å². The van der Waals surface area contributed by atoms with Crippen molar-refractivity contribution in [2.75, 3.05) is 5.32 Å². The lowest BCUT2D eigenvalue weighted by Gasteiger charge is -2.15. The lowest BCUT2D eigenvalue weighted by Crippen LogP contribution is -2.34. The second kappa shape index (κ2) is 6.64. The van der Waals surface area contributed by atoms with Crippen LogP contribution in [0.5, 0.6) is 0 Å². The number of nitrogens with zero attached hydrogens (tertiary/aromatic N) is 3. The highest BCUT2D eigenvalue weighted by molar-refractivity contribution is 6.34. The second-order valence-corrected chi connectivity index (χ2v) is 6.25. The minimum Gasteiger partial charge on any atom is -0.323 e. The zero-order valence-corrected chi connectivity index (χ0v) is 14.1. The molecule has 1 aliphatic carbocycles. The molecule has 8 nitrogen and oxygen atoms in total. The van der Waals surface area contributed by atoms with Crippen LogP contribution in [0.15, 0.2) is 29.1 Å². The van der Waals surface area contributed by atoms with Crippen molar-refractivity contribution in [2.45, 2.75) is 32.2 Å². The summed E-state index contributed by atoms with van der Waals surface area (Å²) in [7, 11) is 0. The highest BCUT2D eigenvalue weighted by atomic mass is 35.5. The number of hydrogen-bond acceptors (Lipinski definition) is 5. The van der Waals surface area contributed by atoms with Crippen LogP contribution in [0, 0.1) is 10.1 Å². The molecule has 0 saturated carbocycles. The Morgan fingerprint density at radius 2 is 2.16 bits per heavy atom. The standard InChI is InChI=1S/C16H15ClN4O4/c1-9(20-15(22)7-10-3-2-4-13(10)19-20)16(23)18-14-6-5-11(21(24)25)8-12(14)17/h5-9H,2-4H2,1H3,(H,18,23). The van der Waals surface area contributed by atoms with Crippen LogP contribution < -0.4 is 10.9 Å². The summed E-state index contributed by atoms with van der Waals surface area (Å²) in [5, 5.41) is 17.6. The maximum absolute atomic E-state index is 12.4. The van der Waals surface area contributed by atoms with Gasteiger partial charge in [0.1, 0.15) is 6.04 Å². The third-order valence-corrected chi connectivity index (χ3v) is 4.46. The van der Waals surface area contributed by atoms with Crippen molar-refractivity contribution >= 4 is 28.9 Å². The lowest BCUT2D eigenvalue weighted by atomic mass is 10.2. The summed E-state index contributed by atoms with van der Waals surface area (Å²) in [5.74, 6) is -0.483. The number of carbonyl (C=O) groups is 1. The molecule has 1 amide bonds. The van der Waals surface area contributed by atoms with Crippen molar-refractivity contribution in [3.8, 4) is 0 Å². The van der Waals surface area contributed by atoms with Gasteiger partial charge in [0.25, 0.3) is 11.2 Å². The smallest absolute Gasteiger partial charge is 0.271 e. The molecular formula is C16H15ClN4O4. The van der Waals surface area contributed by atoms with Crippen molar-refractivity contribution in [3.63, 3.8) is 0 Å². The number of fused-ring (bicyclic) bond motifs is 1. The number of halogens is 1. The van der Waals surface area contributed by atoms with Gasteiger partial charge in [0.2, 0.25) is 5.91 Å². The zero-order chi connectivity index (χ0) is 18.1. The van der Waals surface area contributed by atoms with Gasteiger partial charge < -0.3 is 5.32 Å². The molecule has 0 fully saturated rings. The summed E-state index contributed by atoms with van der Waals surface area (Å²) in [6.45, 7) is 1.56. The Morgan fingerprint density at radius 3 is 2.84 bits per heavy atom. The normalized spacial score (nSPS) is 14.0. The highest BCUT2D eigenvalue weighted by Crippen LogP contribution is 2.27. The molecular weight excluding hydrogens is 348 g/mol. The van der Waals surface area contributed by atoms with E-state index in [-0.39, 0.29) is 22.0 Å². The van der Waals surface area contributed by atoms with Gasteiger partial charge in [-0.3, -0.25) is 19.7 Å². The Morgan fingerprint density at radius 1 is 1.40 bits per heavy atom. The van der Waals surface area contributed by atoms with Gasteiger partial charge in [0.15, 0.2) is 0 Å². The number of non-ortho nitro benzene ring substituents is 1. The number of aromatic nitrogens is 2. The van der Waals surface area contributed by atoms with Crippen LogP contribution in [0.4, 0.5) is 11.4 Å². The number of nitrogens with one attached hydrogen (secondary N) is 1. The first-order valence-electron chi connectivity index (χ1n) is 7.73. The van der Waals surface area contributed by atoms with Gasteiger partial charge in [0, 0.05) is 18.2 Å². The molecule has 1 atom stereocenters. The average Bonchev–Trinajstić information content (AvgIpc) is 3.02. The minimum absolute atomic E-state index is 0.0454. The molecule has 2 aromatic rings. The van der Waals surface area contributed by atoms with Gasteiger partial charge in [-0.15, -0.1) is 0 Å². The van der Waals surface area contributed by atoms with E-state index in [1.807, 2.05) is 0 Å². The number of nitro benzene ring substituents is 1. The average molecular weight is 363 g/mol. The van der Waals surface area contributed by atoms with Crippen LogP contribution in [-0.2, 0) is 17.6 Å². The summed E-state index contributed by atoms with van der Waals surface area (Å²) < 4.78 is 1.15. The number of amides is 1. The third-order valence-electron chi connectivity index (χ3n) is 4.15. The van der Waals surface area contributed by atoms with Gasteiger partial charge in [-0.1, -0.05) is 11.6 Å². The highest BCUT2D eigenvalue weighted by Gasteiger charge is 2.22. The van der Waals surface area contributed by atoms with Crippen LogP contribution in [0.2, 0.25) is 5.02 Å². The molecule has 9 heteroatoms. The van der Waals surface area contributed by atoms with Crippen LogP contribution in [0.1, 0.15) is 30.6 Å². The van der Waals surface area contributed by atoms with Gasteiger partial charge in [-0.2, -0.15) is 5.10 Å². The quantitative estimate of drug-likeness (QED) is 0.664. The maximum atomic E-state index is 12.4. The number of anilines is 1. The topological polar surface area (TPSA) is 107 Å². The van der Waals surface area contributed by atoms with E-state index in [4.69, 9.17) is 11.6 Å². The number of benzene rings is 1. The molecule has 25 heavy (non-hydrogen) atoms. The molecule has 1 aromatic heterocycles. The summed E-state index contributed by atoms with van der Waals surface area (Å²) in [6, 6.07) is 4.43. The van der Waals surface area contributed by atoms with Crippen molar-refractivity contribution in [2.24, 2.45) is 0 Å². The minimum atomic E-state index is -0.843. The first-order chi connectivity index (χ1) is 11.9. The number of nitro groups is 1. The number of aryl methyl sites for hydroxylation is 2. The fraction of sp³-hybridized carbons (Fsp3) is 0.312. The Balaban J connectivity index is 1.82. The van der Waals surface area contributed by atoms with E-state index in [9.17, 15) is 19.7 Å². The maximum Gasteiger partial charge on any atom is 0.271 e. The molecule has 1 aliphatic rings. The van der Waals surface area contributed by atoms with Crippen molar-refractivity contribution < 1.29 is 9.72 Å². The third kappa shape index (κ3) is 3.39. The first kappa shape index (κ1) is 17.1. The van der Waals surface area contributed by atoms with Crippen LogP contribution in [-0.4, -0.2) is 20.6 Å². The van der Waals surface area contributed by atoms with Crippen molar-refractivity contribution in [1.82, 2.24) is 9.78 Å². The van der Waals surface area contributed by atoms with E-state index in [1.165, 1.54) is 18.2 Å². The lowest BCUT2D eigenvalue weighted by molar-refractivity contribution is -0.384. The Hall–Kier alpha value is -2.74. The molecule has 0 saturated heterocycles. The second-order valence-electron chi connectivity index (χ2n) is 5.84. The molecule has 0 radical (unpaired) electrons. The number of hydrogen-bond donors (Lipinski definition) is 1. The first-order valence-corrected chi connectivity index (χ1v) is 8.11.